The van der Waals surface area contributed by atoms with Crippen molar-refractivity contribution in [1.82, 2.24) is 20.8 Å². The number of hydrogen-bond acceptors (Lipinski definition) is 5. The number of nitrogens with zero attached hydrogens (tertiary/aromatic N) is 2. The van der Waals surface area contributed by atoms with Crippen molar-refractivity contribution in [3.63, 3.8) is 0 Å². The molecule has 3 atom stereocenters. The van der Waals surface area contributed by atoms with Crippen molar-refractivity contribution in [3.05, 3.63) is 11.7 Å². The fraction of sp³-hybridized carbons (Fsp3) is 0.824. The van der Waals surface area contributed by atoms with Crippen LogP contribution in [-0.4, -0.2) is 29.1 Å². The average Bonchev–Trinajstić information content (AvgIpc) is 3.14. The fourth-order valence-corrected chi connectivity index (χ4v) is 3.81. The maximum atomic E-state index is 12.9. The lowest BCUT2D eigenvalue weighted by Gasteiger charge is -2.37. The zero-order chi connectivity index (χ0) is 16.7. The average molecular weight is 320 g/mol. The molecule has 2 aliphatic rings. The van der Waals surface area contributed by atoms with Gasteiger partial charge in [0.2, 0.25) is 11.8 Å². The molecule has 3 rings (SSSR count). The van der Waals surface area contributed by atoms with E-state index in [-0.39, 0.29) is 22.8 Å². The maximum absolute atomic E-state index is 12.9. The molecule has 1 aromatic rings. The van der Waals surface area contributed by atoms with Crippen molar-refractivity contribution in [2.24, 2.45) is 11.3 Å². The van der Waals surface area contributed by atoms with Gasteiger partial charge in [-0.2, -0.15) is 4.98 Å². The van der Waals surface area contributed by atoms with Crippen LogP contribution in [0, 0.1) is 11.3 Å². The minimum Gasteiger partial charge on any atom is -0.344 e. The van der Waals surface area contributed by atoms with Crippen LogP contribution in [0.2, 0.25) is 0 Å². The molecule has 6 heteroatoms. The summed E-state index contributed by atoms with van der Waals surface area (Å²) in [5, 5.41) is 10.6. The molecule has 1 aromatic heterocycles. The molecular weight excluding hydrogens is 292 g/mol. The van der Waals surface area contributed by atoms with Gasteiger partial charge in [0.15, 0.2) is 5.82 Å². The predicted octanol–water partition coefficient (Wildman–Crippen LogP) is 2.32. The fourth-order valence-electron chi connectivity index (χ4n) is 3.81. The molecule has 128 valence electrons. The van der Waals surface area contributed by atoms with Gasteiger partial charge in [-0.05, 0) is 32.2 Å². The Morgan fingerprint density at radius 1 is 1.43 bits per heavy atom. The maximum Gasteiger partial charge on any atom is 0.248 e. The van der Waals surface area contributed by atoms with Gasteiger partial charge in [-0.15, -0.1) is 0 Å². The first-order chi connectivity index (χ1) is 10.8. The zero-order valence-corrected chi connectivity index (χ0v) is 14.6. The molecule has 0 radical (unpaired) electrons. The molecule has 2 fully saturated rings. The molecule has 1 saturated carbocycles. The highest BCUT2D eigenvalue weighted by molar-refractivity contribution is 5.84. The van der Waals surface area contributed by atoms with E-state index in [1.165, 1.54) is 6.42 Å². The molecule has 0 bridgehead atoms. The molecule has 0 spiro atoms. The second-order valence-corrected chi connectivity index (χ2v) is 8.13. The van der Waals surface area contributed by atoms with E-state index in [9.17, 15) is 4.79 Å². The normalized spacial score (nSPS) is 29.1. The quantitative estimate of drug-likeness (QED) is 0.893. The Morgan fingerprint density at radius 3 is 2.91 bits per heavy atom. The summed E-state index contributed by atoms with van der Waals surface area (Å²) in [5.74, 6) is 1.74. The Morgan fingerprint density at radius 2 is 2.22 bits per heavy atom. The lowest BCUT2D eigenvalue weighted by atomic mass is 9.67. The van der Waals surface area contributed by atoms with Gasteiger partial charge >= 0.3 is 0 Å². The van der Waals surface area contributed by atoms with Gasteiger partial charge < -0.3 is 15.2 Å². The summed E-state index contributed by atoms with van der Waals surface area (Å²) in [7, 11) is 0. The monoisotopic (exact) mass is 320 g/mol. The lowest BCUT2D eigenvalue weighted by Crippen LogP contribution is -2.48. The minimum absolute atomic E-state index is 0.134. The van der Waals surface area contributed by atoms with Crippen LogP contribution < -0.4 is 10.6 Å². The van der Waals surface area contributed by atoms with E-state index >= 15 is 0 Å². The molecule has 0 aromatic carbocycles. The van der Waals surface area contributed by atoms with Crippen molar-refractivity contribution in [2.75, 3.05) is 13.1 Å². The summed E-state index contributed by atoms with van der Waals surface area (Å²) in [4.78, 5) is 17.4. The summed E-state index contributed by atoms with van der Waals surface area (Å²) in [5.41, 5.74) is -0.409. The number of nitrogens with one attached hydrogen (secondary N) is 2. The van der Waals surface area contributed by atoms with Gasteiger partial charge in [-0.1, -0.05) is 38.8 Å². The van der Waals surface area contributed by atoms with Gasteiger partial charge in [0.05, 0.1) is 5.41 Å². The molecule has 6 nitrogen and oxygen atoms in total. The zero-order valence-electron chi connectivity index (χ0n) is 14.6. The first kappa shape index (κ1) is 16.4. The van der Waals surface area contributed by atoms with E-state index in [1.54, 1.807) is 0 Å². The molecule has 1 unspecified atom stereocenters. The first-order valence-corrected chi connectivity index (χ1v) is 8.69. The summed E-state index contributed by atoms with van der Waals surface area (Å²) < 4.78 is 5.36. The Kier molecular flexibility index (Phi) is 4.21. The van der Waals surface area contributed by atoms with E-state index in [0.29, 0.717) is 17.6 Å². The number of aromatic nitrogens is 2. The van der Waals surface area contributed by atoms with Crippen molar-refractivity contribution in [3.8, 4) is 0 Å². The minimum atomic E-state index is -0.261. The van der Waals surface area contributed by atoms with E-state index in [0.717, 1.165) is 32.4 Å². The lowest BCUT2D eigenvalue weighted by molar-refractivity contribution is -0.134. The van der Waals surface area contributed by atoms with Gasteiger partial charge in [0, 0.05) is 12.0 Å². The van der Waals surface area contributed by atoms with Crippen molar-refractivity contribution in [2.45, 2.75) is 64.8 Å². The molecule has 1 aliphatic heterocycles. The summed E-state index contributed by atoms with van der Waals surface area (Å²) in [6.45, 7) is 9.78. The number of rotatable bonds is 3. The molecule has 23 heavy (non-hydrogen) atoms. The SMILES string of the molecule is CC(NC(=O)[C@@]12CCCC[C@H]1CNC2)c1nc(C(C)(C)C)no1. The van der Waals surface area contributed by atoms with Crippen LogP contribution in [0.25, 0.3) is 0 Å². The van der Waals surface area contributed by atoms with Crippen LogP contribution in [0.4, 0.5) is 0 Å². The van der Waals surface area contributed by atoms with Gasteiger partial charge in [-0.3, -0.25) is 4.79 Å². The number of carbonyl (C=O) groups excluding carboxylic acids is 1. The Balaban J connectivity index is 1.71. The second-order valence-electron chi connectivity index (χ2n) is 8.13. The van der Waals surface area contributed by atoms with Crippen molar-refractivity contribution >= 4 is 5.91 Å². The van der Waals surface area contributed by atoms with E-state index in [4.69, 9.17) is 4.52 Å². The standard InChI is InChI=1S/C17H28N4O2/c1-11(13-20-14(21-23-13)16(2,3)4)19-15(22)17-8-6-5-7-12(17)9-18-10-17/h11-12,18H,5-10H2,1-4H3,(H,19,22)/t11?,12-,17+/m0/s1. The molecular formula is C17H28N4O2. The smallest absolute Gasteiger partial charge is 0.248 e. The summed E-state index contributed by atoms with van der Waals surface area (Å²) >= 11 is 0. The largest absolute Gasteiger partial charge is 0.344 e. The van der Waals surface area contributed by atoms with Crippen LogP contribution in [0.5, 0.6) is 0 Å². The van der Waals surface area contributed by atoms with Crippen LogP contribution in [0.1, 0.15) is 71.1 Å². The van der Waals surface area contributed by atoms with Crippen molar-refractivity contribution in [1.29, 1.82) is 0 Å². The molecule has 1 saturated heterocycles. The van der Waals surface area contributed by atoms with E-state index in [2.05, 4.69) is 20.8 Å². The Bertz CT molecular complexity index is 577. The predicted molar refractivity (Wildman–Crippen MR) is 86.8 cm³/mol. The van der Waals surface area contributed by atoms with Crippen LogP contribution in [0.15, 0.2) is 4.52 Å². The molecule has 2 N–H and O–H groups in total. The van der Waals surface area contributed by atoms with Crippen LogP contribution in [0.3, 0.4) is 0 Å². The highest BCUT2D eigenvalue weighted by atomic mass is 16.5. The third-order valence-corrected chi connectivity index (χ3v) is 5.32. The number of hydrogen-bond donors (Lipinski definition) is 2. The van der Waals surface area contributed by atoms with Gasteiger partial charge in [0.25, 0.3) is 0 Å². The highest BCUT2D eigenvalue weighted by Crippen LogP contribution is 2.44. The van der Waals surface area contributed by atoms with Crippen LogP contribution >= 0.6 is 0 Å². The Hall–Kier alpha value is -1.43. The van der Waals surface area contributed by atoms with Gasteiger partial charge in [0.1, 0.15) is 6.04 Å². The molecule has 1 amide bonds. The number of amides is 1. The van der Waals surface area contributed by atoms with Crippen molar-refractivity contribution < 1.29 is 9.32 Å². The summed E-state index contributed by atoms with van der Waals surface area (Å²) in [6, 6.07) is -0.261. The molecule has 2 heterocycles. The number of fused-ring (bicyclic) bond motifs is 1. The third kappa shape index (κ3) is 3.01. The molecule has 1 aliphatic carbocycles. The van der Waals surface area contributed by atoms with Crippen LogP contribution in [-0.2, 0) is 10.2 Å². The van der Waals surface area contributed by atoms with E-state index < -0.39 is 0 Å². The summed E-state index contributed by atoms with van der Waals surface area (Å²) in [6.07, 6.45) is 4.48. The number of carbonyl (C=O) groups is 1. The first-order valence-electron chi connectivity index (χ1n) is 8.69. The Labute approximate surface area is 137 Å². The second kappa shape index (κ2) is 5.89. The third-order valence-electron chi connectivity index (χ3n) is 5.32. The van der Waals surface area contributed by atoms with Gasteiger partial charge in [-0.25, -0.2) is 0 Å². The highest BCUT2D eigenvalue weighted by Gasteiger charge is 2.50. The topological polar surface area (TPSA) is 80.0 Å². The van der Waals surface area contributed by atoms with E-state index in [1.807, 2.05) is 27.7 Å².